The first-order valence-corrected chi connectivity index (χ1v) is 31.6. The van der Waals surface area contributed by atoms with Crippen LogP contribution in [0, 0.1) is 28.6 Å². The molecule has 0 unspecified atom stereocenters. The zero-order valence-electron chi connectivity index (χ0n) is 56.5. The number of ether oxygens (including phenoxy) is 2. The van der Waals surface area contributed by atoms with Crippen molar-refractivity contribution in [3.8, 4) is 0 Å². The van der Waals surface area contributed by atoms with E-state index in [9.17, 15) is 43.2 Å². The van der Waals surface area contributed by atoms with Gasteiger partial charge in [-0.15, -0.1) is 0 Å². The molecule has 22 nitrogen and oxygen atoms in total. The molecule has 2 aromatic heterocycles. The van der Waals surface area contributed by atoms with Crippen molar-refractivity contribution in [2.75, 3.05) is 34.3 Å². The van der Waals surface area contributed by atoms with Crippen molar-refractivity contribution in [2.24, 2.45) is 28.6 Å². The zero-order valence-corrected chi connectivity index (χ0v) is 56.5. The molecule has 22 heteroatoms. The number of methoxy groups -OCH3 is 1. The van der Waals surface area contributed by atoms with E-state index < -0.39 is 70.3 Å². The summed E-state index contributed by atoms with van der Waals surface area (Å²) in [5.74, 6) is -4.01. The molecule has 7 amide bonds. The first kappa shape index (κ1) is 77.3. The lowest BCUT2D eigenvalue weighted by Gasteiger charge is -2.37. The Morgan fingerprint density at radius 3 is 2.06 bits per heavy atom. The Balaban J connectivity index is 0.000000395. The van der Waals surface area contributed by atoms with E-state index >= 15 is 0 Å². The Bertz CT molecular complexity index is 3410. The number of hydrazine groups is 2. The number of amides is 7. The van der Waals surface area contributed by atoms with Crippen LogP contribution in [0.25, 0.3) is 34.0 Å². The third-order valence-corrected chi connectivity index (χ3v) is 17.0. The highest BCUT2D eigenvalue weighted by atomic mass is 16.6. The molecule has 0 aliphatic carbocycles. The lowest BCUT2D eigenvalue weighted by molar-refractivity contribution is -0.158. The highest BCUT2D eigenvalue weighted by Crippen LogP contribution is 2.29. The number of fused-ring (bicyclic) bond motifs is 5. The highest BCUT2D eigenvalue weighted by molar-refractivity contribution is 5.95. The molecule has 0 spiro atoms. The third-order valence-electron chi connectivity index (χ3n) is 17.0. The molecule has 3 aliphatic heterocycles. The van der Waals surface area contributed by atoms with Crippen LogP contribution in [0.3, 0.4) is 0 Å². The summed E-state index contributed by atoms with van der Waals surface area (Å²) in [7, 11) is 4.83. The van der Waals surface area contributed by atoms with Gasteiger partial charge in [-0.25, -0.2) is 10.9 Å². The van der Waals surface area contributed by atoms with Crippen LogP contribution in [0.2, 0.25) is 0 Å². The largest absolute Gasteiger partial charge is 0.468 e. The Labute approximate surface area is 551 Å². The monoisotopic (exact) mass is 1290 g/mol. The van der Waals surface area contributed by atoms with Crippen LogP contribution < -0.4 is 26.8 Å². The van der Waals surface area contributed by atoms with Crippen molar-refractivity contribution in [1.29, 1.82) is 0 Å². The number of esters is 2. The molecule has 2 saturated heterocycles. The van der Waals surface area contributed by atoms with Gasteiger partial charge in [0.25, 0.3) is 11.8 Å². The van der Waals surface area contributed by atoms with Crippen LogP contribution in [0.1, 0.15) is 185 Å². The molecule has 5 N–H and O–H groups in total. The van der Waals surface area contributed by atoms with Crippen molar-refractivity contribution < 1.29 is 52.6 Å². The fourth-order valence-electron chi connectivity index (χ4n) is 10.8. The number of hydrogen-bond donors (Lipinski definition) is 5. The van der Waals surface area contributed by atoms with Gasteiger partial charge in [0, 0.05) is 38.0 Å². The van der Waals surface area contributed by atoms with E-state index in [1.807, 2.05) is 120 Å². The minimum atomic E-state index is -0.915. The lowest BCUT2D eigenvalue weighted by Crippen LogP contribution is -2.62. The molecule has 8 atom stereocenters. The van der Waals surface area contributed by atoms with Gasteiger partial charge < -0.3 is 35.2 Å². The summed E-state index contributed by atoms with van der Waals surface area (Å²) >= 11 is 0. The number of nitrogens with zero attached hydrogens (tertiary/aromatic N) is 6. The molecule has 510 valence electrons. The van der Waals surface area contributed by atoms with Gasteiger partial charge in [0.05, 0.1) is 64.8 Å². The van der Waals surface area contributed by atoms with Crippen LogP contribution in [-0.2, 0) is 52.6 Å². The summed E-state index contributed by atoms with van der Waals surface area (Å²) in [5.41, 5.74) is 8.55. The van der Waals surface area contributed by atoms with Gasteiger partial charge in [-0.2, -0.15) is 0 Å². The Hall–Kier alpha value is -8.11. The summed E-state index contributed by atoms with van der Waals surface area (Å²) in [5, 5.41) is 13.2. The van der Waals surface area contributed by atoms with Gasteiger partial charge >= 0.3 is 11.9 Å². The number of rotatable bonds is 13. The minimum absolute atomic E-state index is 0. The minimum Gasteiger partial charge on any atom is -0.468 e. The third kappa shape index (κ3) is 20.2. The van der Waals surface area contributed by atoms with E-state index in [2.05, 4.69) is 26.8 Å². The first-order valence-electron chi connectivity index (χ1n) is 31.6. The molecule has 2 aromatic carbocycles. The van der Waals surface area contributed by atoms with Gasteiger partial charge in [-0.1, -0.05) is 103 Å². The maximum atomic E-state index is 13.7. The lowest BCUT2D eigenvalue weighted by atomic mass is 9.89. The molecular weight excluding hydrogens is 1180 g/mol. The Morgan fingerprint density at radius 2 is 1.43 bits per heavy atom. The van der Waals surface area contributed by atoms with Crippen molar-refractivity contribution in [3.63, 3.8) is 0 Å². The number of nitrogens with one attached hydrogen (secondary N) is 5. The molecule has 5 heterocycles. The molecule has 7 rings (SSSR count). The van der Waals surface area contributed by atoms with Crippen molar-refractivity contribution in [3.05, 3.63) is 95.3 Å². The topological polar surface area (TPSA) is 271 Å². The smallest absolute Gasteiger partial charge is 0.315 e. The summed E-state index contributed by atoms with van der Waals surface area (Å²) in [4.78, 5) is 131. The second kappa shape index (κ2) is 32.6. The molecule has 0 radical (unpaired) electrons. The molecule has 3 aliphatic rings. The number of carbonyl (C=O) groups excluding carboxylic acids is 9. The maximum absolute atomic E-state index is 13.7. The molecule has 2 fully saturated rings. The van der Waals surface area contributed by atoms with Crippen molar-refractivity contribution >= 4 is 87.2 Å². The predicted octanol–water partition coefficient (Wildman–Crippen LogP) is 9.19. The number of hydrogen-bond acceptors (Lipinski definition) is 15. The fourth-order valence-corrected chi connectivity index (χ4v) is 10.8. The van der Waals surface area contributed by atoms with Crippen LogP contribution in [-0.4, -0.2) is 153 Å². The number of pyridine rings is 2. The van der Waals surface area contributed by atoms with Crippen molar-refractivity contribution in [2.45, 2.75) is 199 Å². The van der Waals surface area contributed by atoms with E-state index in [0.717, 1.165) is 38.6 Å². The van der Waals surface area contributed by atoms with E-state index in [-0.39, 0.29) is 80.7 Å². The van der Waals surface area contributed by atoms with Gasteiger partial charge in [0.15, 0.2) is 0 Å². The maximum Gasteiger partial charge on any atom is 0.315 e. The summed E-state index contributed by atoms with van der Waals surface area (Å²) < 4.78 is 10.3. The van der Waals surface area contributed by atoms with Gasteiger partial charge in [0.1, 0.15) is 35.8 Å². The van der Waals surface area contributed by atoms with E-state index in [0.29, 0.717) is 44.5 Å². The summed E-state index contributed by atoms with van der Waals surface area (Å²) in [6.45, 7) is 27.7. The first-order chi connectivity index (χ1) is 42.5. The van der Waals surface area contributed by atoms with Crippen molar-refractivity contribution in [1.82, 2.24) is 56.6 Å². The fraction of sp³-hybridized carbons (Fsp3) is 0.563. The zero-order chi connectivity index (χ0) is 67.6. The van der Waals surface area contributed by atoms with E-state index in [4.69, 9.17) is 19.4 Å². The molecule has 0 saturated carbocycles. The van der Waals surface area contributed by atoms with Crippen LogP contribution in [0.5, 0.6) is 0 Å². The molecular formula is C71H105N11O11. The molecule has 4 aromatic rings. The average molecular weight is 1290 g/mol. The second-order valence-corrected chi connectivity index (χ2v) is 27.2. The van der Waals surface area contributed by atoms with Crippen LogP contribution in [0.4, 0.5) is 0 Å². The SMILES string of the molecule is C.C.CC(C)[C@@H]1NC(=O)C(C)(C)/C=C/c2ccc3ccc(nc3c2)[C@@H](C)N(C)C(=O)[C@@H]2CCCN(N2)C(=O)[C@H](C)NC1=O.COC(=O)C(C)(C)/C=C/c1ccc2ccc([C@@H](C)N(C)C(=O)[C@@H]3CCCN(C(=O)[C@H](C)NC(=O)[C@@H](CC(=O)OC(C)(C)C)C(C)C)N3)nc2c1. The van der Waals surface area contributed by atoms with E-state index in [1.54, 1.807) is 92.3 Å². The Kier molecular flexibility index (Phi) is 27.1. The van der Waals surface area contributed by atoms with Gasteiger partial charge in [0.2, 0.25) is 29.5 Å². The second-order valence-electron chi connectivity index (χ2n) is 27.2. The number of aromatic nitrogens is 2. The van der Waals surface area contributed by atoms with Crippen LogP contribution >= 0.6 is 0 Å². The number of likely N-dealkylation sites (N-methyl/N-ethyl adjacent to an activating group) is 2. The average Bonchev–Trinajstić information content (AvgIpc) is 1.14. The van der Waals surface area contributed by atoms with Gasteiger partial charge in [-0.3, -0.25) is 63.1 Å². The quantitative estimate of drug-likeness (QED) is 0.0781. The molecule has 5 bridgehead atoms. The summed E-state index contributed by atoms with van der Waals surface area (Å²) in [6.07, 6.45) is 9.62. The number of carbonyl (C=O) groups is 9. The number of benzene rings is 2. The molecule has 93 heavy (non-hydrogen) atoms. The highest BCUT2D eigenvalue weighted by Gasteiger charge is 2.38. The van der Waals surface area contributed by atoms with E-state index in [1.165, 1.54) is 17.1 Å². The normalized spacial score (nSPS) is 21.2. The van der Waals surface area contributed by atoms with Crippen LogP contribution in [0.15, 0.2) is 72.8 Å². The Morgan fingerprint density at radius 1 is 0.806 bits per heavy atom. The predicted molar refractivity (Wildman–Crippen MR) is 363 cm³/mol. The standard InChI is InChI=1S/C38H55N5O7.C31H42N6O4.2CH4/c1-23(2)28(22-32(44)50-37(5,6)7)33(45)39-24(3)34(46)43-20-12-13-30(41-43)35(47)42(10)25(4)29-17-16-27-15-14-26(21-31(27)40-29)18-19-38(8,9)36(48)49-11;1-18(2)26-27(38)32-19(3)28(39)37-16-8-9-24(35-37)29(40)36(7)20(4)23-13-12-22-11-10-21(17-25(22)33-23)14-15-31(5,6)30(41)34-26;;/h14-19,21,23-25,28,30,41H,12-13,20,22H2,1-11H3,(H,39,45);10-15,17-20,24,26,35H,8-9,16H2,1-7H3,(H,32,38)(H,34,41);2*1H4/b19-18+;15-14+;;/t24-,25+,28-,30-;19-,20+,24-,26-;;/m00../s1. The van der Waals surface area contributed by atoms with Gasteiger partial charge in [-0.05, 0) is 149 Å². The summed E-state index contributed by atoms with van der Waals surface area (Å²) in [6, 6.07) is 15.0.